The van der Waals surface area contributed by atoms with Crippen molar-refractivity contribution >= 4 is 11.9 Å². The van der Waals surface area contributed by atoms with Crippen molar-refractivity contribution in [2.45, 2.75) is 0 Å². The third-order valence-electron chi connectivity index (χ3n) is 1.99. The number of methoxy groups -OCH3 is 1. The van der Waals surface area contributed by atoms with Gasteiger partial charge in [-0.15, -0.1) is 5.10 Å². The van der Waals surface area contributed by atoms with Gasteiger partial charge in [-0.1, -0.05) is 0 Å². The number of nitrogens with zero attached hydrogens (tertiary/aromatic N) is 2. The van der Waals surface area contributed by atoms with Crippen LogP contribution in [0.4, 0.5) is 10.3 Å². The van der Waals surface area contributed by atoms with Crippen LogP contribution in [0.3, 0.4) is 0 Å². The molecule has 1 aromatic heterocycles. The summed E-state index contributed by atoms with van der Waals surface area (Å²) in [5.74, 6) is -0.650. The van der Waals surface area contributed by atoms with Crippen molar-refractivity contribution in [3.05, 3.63) is 35.6 Å². The molecule has 2 N–H and O–H groups in total. The SMILES string of the molecule is COc1n[nH]c(NC(=O)c2ccc(F)cc2)n1. The number of nitrogens with one attached hydrogen (secondary N) is 2. The van der Waals surface area contributed by atoms with E-state index in [2.05, 4.69) is 20.5 Å². The molecule has 17 heavy (non-hydrogen) atoms. The number of hydrogen-bond acceptors (Lipinski definition) is 4. The van der Waals surface area contributed by atoms with E-state index in [0.717, 1.165) is 0 Å². The van der Waals surface area contributed by atoms with Crippen LogP contribution in [0.5, 0.6) is 6.01 Å². The van der Waals surface area contributed by atoms with Gasteiger partial charge in [-0.05, 0) is 24.3 Å². The van der Waals surface area contributed by atoms with Gasteiger partial charge < -0.3 is 4.74 Å². The summed E-state index contributed by atoms with van der Waals surface area (Å²) < 4.78 is 17.4. The quantitative estimate of drug-likeness (QED) is 0.839. The maximum atomic E-state index is 12.6. The summed E-state index contributed by atoms with van der Waals surface area (Å²) in [7, 11) is 1.41. The molecule has 0 aliphatic rings. The molecule has 7 heteroatoms. The highest BCUT2D eigenvalue weighted by atomic mass is 19.1. The van der Waals surface area contributed by atoms with E-state index in [-0.39, 0.29) is 12.0 Å². The number of benzene rings is 1. The summed E-state index contributed by atoms with van der Waals surface area (Å²) in [5, 5.41) is 8.60. The normalized spacial score (nSPS) is 10.0. The second-order valence-corrected chi connectivity index (χ2v) is 3.13. The van der Waals surface area contributed by atoms with Crippen molar-refractivity contribution in [2.24, 2.45) is 0 Å². The lowest BCUT2D eigenvalue weighted by Crippen LogP contribution is -2.12. The van der Waals surface area contributed by atoms with Gasteiger partial charge in [-0.25, -0.2) is 9.49 Å². The van der Waals surface area contributed by atoms with E-state index in [9.17, 15) is 9.18 Å². The van der Waals surface area contributed by atoms with Crippen LogP contribution in [0.2, 0.25) is 0 Å². The van der Waals surface area contributed by atoms with Gasteiger partial charge in [0, 0.05) is 5.56 Å². The zero-order valence-corrected chi connectivity index (χ0v) is 8.90. The molecule has 0 saturated carbocycles. The van der Waals surface area contributed by atoms with Crippen LogP contribution in [0.25, 0.3) is 0 Å². The average Bonchev–Trinajstić information content (AvgIpc) is 2.77. The Bertz CT molecular complexity index is 523. The summed E-state index contributed by atoms with van der Waals surface area (Å²) >= 11 is 0. The molecule has 0 bridgehead atoms. The van der Waals surface area contributed by atoms with Gasteiger partial charge in [0.05, 0.1) is 7.11 Å². The van der Waals surface area contributed by atoms with E-state index in [0.29, 0.717) is 5.56 Å². The van der Waals surface area contributed by atoms with E-state index in [1.807, 2.05) is 0 Å². The van der Waals surface area contributed by atoms with Gasteiger partial charge >= 0.3 is 6.01 Å². The lowest BCUT2D eigenvalue weighted by atomic mass is 10.2. The summed E-state index contributed by atoms with van der Waals surface area (Å²) in [6, 6.07) is 5.28. The van der Waals surface area contributed by atoms with Crippen LogP contribution in [0, 0.1) is 5.82 Å². The Kier molecular flexibility index (Phi) is 2.99. The topological polar surface area (TPSA) is 79.9 Å². The molecule has 88 valence electrons. The molecule has 0 aliphatic carbocycles. The fraction of sp³-hybridized carbons (Fsp3) is 0.100. The third-order valence-corrected chi connectivity index (χ3v) is 1.99. The second-order valence-electron chi connectivity index (χ2n) is 3.13. The maximum Gasteiger partial charge on any atom is 0.336 e. The van der Waals surface area contributed by atoms with Gasteiger partial charge in [-0.2, -0.15) is 4.98 Å². The average molecular weight is 236 g/mol. The number of carbonyl (C=O) groups is 1. The highest BCUT2D eigenvalue weighted by Crippen LogP contribution is 2.08. The maximum absolute atomic E-state index is 12.6. The third kappa shape index (κ3) is 2.57. The summed E-state index contributed by atoms with van der Waals surface area (Å²) in [6.07, 6.45) is 0. The molecule has 2 rings (SSSR count). The number of aromatic nitrogens is 3. The Hall–Kier alpha value is -2.44. The minimum Gasteiger partial charge on any atom is -0.466 e. The van der Waals surface area contributed by atoms with Crippen LogP contribution in [-0.4, -0.2) is 28.2 Å². The van der Waals surface area contributed by atoms with E-state index in [1.165, 1.54) is 31.4 Å². The number of H-pyrrole nitrogens is 1. The van der Waals surface area contributed by atoms with Crippen molar-refractivity contribution in [2.75, 3.05) is 12.4 Å². The predicted molar refractivity (Wildman–Crippen MR) is 57.3 cm³/mol. The number of halogens is 1. The molecule has 6 nitrogen and oxygen atoms in total. The van der Waals surface area contributed by atoms with E-state index < -0.39 is 11.7 Å². The number of hydrogen-bond donors (Lipinski definition) is 2. The number of amides is 1. The molecule has 0 unspecified atom stereocenters. The first-order valence-electron chi connectivity index (χ1n) is 4.72. The number of aromatic amines is 1. The molecule has 0 fully saturated rings. The first kappa shape index (κ1) is 11.1. The predicted octanol–water partition coefficient (Wildman–Crippen LogP) is 1.20. The molecule has 2 aromatic rings. The number of ether oxygens (including phenoxy) is 1. The minimum atomic E-state index is -0.413. The number of anilines is 1. The Morgan fingerprint density at radius 1 is 1.41 bits per heavy atom. The van der Waals surface area contributed by atoms with Crippen LogP contribution in [0.15, 0.2) is 24.3 Å². The van der Waals surface area contributed by atoms with Gasteiger partial charge in [0.1, 0.15) is 5.82 Å². The molecule has 0 atom stereocenters. The van der Waals surface area contributed by atoms with Gasteiger partial charge in [0.2, 0.25) is 5.95 Å². The first-order valence-corrected chi connectivity index (χ1v) is 4.72. The molecule has 0 spiro atoms. The fourth-order valence-electron chi connectivity index (χ4n) is 1.17. The summed E-state index contributed by atoms with van der Waals surface area (Å²) in [4.78, 5) is 15.5. The fourth-order valence-corrected chi connectivity index (χ4v) is 1.17. The zero-order valence-electron chi connectivity index (χ0n) is 8.90. The largest absolute Gasteiger partial charge is 0.466 e. The van der Waals surface area contributed by atoms with Gasteiger partial charge in [0.25, 0.3) is 5.91 Å². The Labute approximate surface area is 95.8 Å². The van der Waals surface area contributed by atoms with E-state index in [4.69, 9.17) is 4.74 Å². The van der Waals surface area contributed by atoms with Crippen molar-refractivity contribution < 1.29 is 13.9 Å². The molecule has 0 aliphatic heterocycles. The van der Waals surface area contributed by atoms with Gasteiger partial charge in [0.15, 0.2) is 0 Å². The van der Waals surface area contributed by atoms with Crippen LogP contribution < -0.4 is 10.1 Å². The van der Waals surface area contributed by atoms with Crippen molar-refractivity contribution in [3.8, 4) is 6.01 Å². The highest BCUT2D eigenvalue weighted by molar-refractivity contribution is 6.03. The summed E-state index contributed by atoms with van der Waals surface area (Å²) in [6.45, 7) is 0. The van der Waals surface area contributed by atoms with Gasteiger partial charge in [-0.3, -0.25) is 10.1 Å². The summed E-state index contributed by atoms with van der Waals surface area (Å²) in [5.41, 5.74) is 0.321. The Morgan fingerprint density at radius 2 is 2.12 bits per heavy atom. The van der Waals surface area contributed by atoms with E-state index >= 15 is 0 Å². The van der Waals surface area contributed by atoms with Crippen molar-refractivity contribution in [3.63, 3.8) is 0 Å². The van der Waals surface area contributed by atoms with E-state index in [1.54, 1.807) is 0 Å². The lowest BCUT2D eigenvalue weighted by molar-refractivity contribution is 0.102. The standard InChI is InChI=1S/C10H9FN4O2/c1-17-10-13-9(14-15-10)12-8(16)6-2-4-7(11)5-3-6/h2-5H,1H3,(H2,12,13,14,15,16). The zero-order chi connectivity index (χ0) is 12.3. The van der Waals surface area contributed by atoms with Crippen molar-refractivity contribution in [1.82, 2.24) is 15.2 Å². The molecular formula is C10H9FN4O2. The number of rotatable bonds is 3. The Balaban J connectivity index is 2.08. The molecule has 1 aromatic carbocycles. The number of carbonyl (C=O) groups excluding carboxylic acids is 1. The smallest absolute Gasteiger partial charge is 0.336 e. The van der Waals surface area contributed by atoms with Crippen molar-refractivity contribution in [1.29, 1.82) is 0 Å². The second kappa shape index (κ2) is 4.60. The molecule has 0 saturated heterocycles. The highest BCUT2D eigenvalue weighted by Gasteiger charge is 2.09. The molecule has 0 radical (unpaired) electrons. The van der Waals surface area contributed by atoms with Crippen LogP contribution in [0.1, 0.15) is 10.4 Å². The van der Waals surface area contributed by atoms with Crippen LogP contribution in [-0.2, 0) is 0 Å². The first-order chi connectivity index (χ1) is 8.19. The minimum absolute atomic E-state index is 0.124. The molecule has 1 amide bonds. The Morgan fingerprint density at radius 3 is 2.71 bits per heavy atom. The lowest BCUT2D eigenvalue weighted by Gasteiger charge is -2.00. The monoisotopic (exact) mass is 236 g/mol. The molecular weight excluding hydrogens is 227 g/mol. The molecule has 1 heterocycles. The van der Waals surface area contributed by atoms with Crippen LogP contribution >= 0.6 is 0 Å².